The molecule has 46 heavy (non-hydrogen) atoms. The number of aromatic hydroxyl groups is 1. The summed E-state index contributed by atoms with van der Waals surface area (Å²) in [5.41, 5.74) is 3.35. The van der Waals surface area contributed by atoms with Crippen LogP contribution in [0.1, 0.15) is 90.2 Å². The summed E-state index contributed by atoms with van der Waals surface area (Å²) in [6.45, 7) is 11.1. The molecule has 0 radical (unpaired) electrons. The molecule has 0 aliphatic carbocycles. The van der Waals surface area contributed by atoms with E-state index in [4.69, 9.17) is 9.84 Å². The number of aliphatic hydroxyl groups is 1. The molecule has 2 atom stereocenters. The van der Waals surface area contributed by atoms with Gasteiger partial charge in [0.2, 0.25) is 15.9 Å². The van der Waals surface area contributed by atoms with Gasteiger partial charge in [-0.15, -0.1) is 0 Å². The van der Waals surface area contributed by atoms with Crippen LogP contribution in [-0.4, -0.2) is 67.5 Å². The molecule has 11 nitrogen and oxygen atoms in total. The fourth-order valence-corrected chi connectivity index (χ4v) is 7.11. The van der Waals surface area contributed by atoms with Crippen LogP contribution in [0, 0.1) is 30.1 Å². The number of nitriles is 1. The number of rotatable bonds is 22. The second-order valence-electron chi connectivity index (χ2n) is 11.9. The third kappa shape index (κ3) is 10.5. The van der Waals surface area contributed by atoms with Gasteiger partial charge in [-0.3, -0.25) is 19.8 Å². The van der Waals surface area contributed by atoms with Crippen molar-refractivity contribution in [2.24, 2.45) is 11.8 Å². The maximum absolute atomic E-state index is 14.1. The lowest BCUT2D eigenvalue weighted by Crippen LogP contribution is -2.39. The van der Waals surface area contributed by atoms with Crippen LogP contribution in [0.4, 0.5) is 11.4 Å². The lowest BCUT2D eigenvalue weighted by atomic mass is 9.97. The highest BCUT2D eigenvalue weighted by molar-refractivity contribution is 7.89. The predicted molar refractivity (Wildman–Crippen MR) is 184 cm³/mol. The standard InChI is InChI=1S/C34H55N5O6S/c1-7-11-13-27(9-3)24-38(25-28(10-4)14-12-8-2)46(43,44)30-17-15-29(16-18-30)37(6)36-32-26(5)31(23-35)33(41)39(34(32)42)19-21-45-22-20-40/h15-18,27-28,36,40,42H,7-14,19-22,24-25H2,1-6H3. The van der Waals surface area contributed by atoms with E-state index in [1.165, 1.54) is 0 Å². The number of anilines is 2. The summed E-state index contributed by atoms with van der Waals surface area (Å²) in [5.74, 6) is 0.233. The highest BCUT2D eigenvalue weighted by Gasteiger charge is 2.29. The molecule has 3 N–H and O–H groups in total. The SMILES string of the molecule is CCCCC(CC)CN(CC(CC)CCCC)S(=O)(=O)c1ccc(N(C)Nc2c(C)c(C#N)c(=O)n(CCOCCO)c2O)cc1. The van der Waals surface area contributed by atoms with Crippen molar-refractivity contribution in [3.63, 3.8) is 0 Å². The lowest BCUT2D eigenvalue weighted by Gasteiger charge is -2.30. The molecule has 0 aliphatic rings. The molecule has 0 aliphatic heterocycles. The number of pyridine rings is 1. The third-order valence-corrected chi connectivity index (χ3v) is 10.5. The number of sulfonamides is 1. The predicted octanol–water partition coefficient (Wildman–Crippen LogP) is 5.63. The molecule has 12 heteroatoms. The van der Waals surface area contributed by atoms with Gasteiger partial charge in [0.1, 0.15) is 17.3 Å². The molecular formula is C34H55N5O6S. The number of benzene rings is 1. The van der Waals surface area contributed by atoms with Gasteiger partial charge in [-0.2, -0.15) is 9.57 Å². The average molecular weight is 662 g/mol. The zero-order chi connectivity index (χ0) is 34.3. The number of hydrogen-bond acceptors (Lipinski definition) is 9. The topological polar surface area (TPSA) is 148 Å². The Morgan fingerprint density at radius 1 is 1.00 bits per heavy atom. The van der Waals surface area contributed by atoms with Gasteiger partial charge in [0, 0.05) is 25.7 Å². The second kappa shape index (κ2) is 19.5. The van der Waals surface area contributed by atoms with Crippen LogP contribution in [0.15, 0.2) is 34.0 Å². The highest BCUT2D eigenvalue weighted by Crippen LogP contribution is 2.30. The van der Waals surface area contributed by atoms with Crippen molar-refractivity contribution >= 4 is 21.4 Å². The smallest absolute Gasteiger partial charge is 0.271 e. The Morgan fingerprint density at radius 3 is 2.04 bits per heavy atom. The highest BCUT2D eigenvalue weighted by atomic mass is 32.2. The molecule has 258 valence electrons. The summed E-state index contributed by atoms with van der Waals surface area (Å²) in [5, 5.41) is 31.2. The molecule has 0 fully saturated rings. The maximum atomic E-state index is 14.1. The van der Waals surface area contributed by atoms with Crippen LogP contribution in [0.3, 0.4) is 0 Å². The van der Waals surface area contributed by atoms with E-state index in [0.717, 1.165) is 55.9 Å². The molecule has 0 saturated carbocycles. The third-order valence-electron chi connectivity index (χ3n) is 8.65. The zero-order valence-corrected chi connectivity index (χ0v) is 29.4. The van der Waals surface area contributed by atoms with Crippen LogP contribution in [-0.2, 0) is 21.3 Å². The number of nitrogens with zero attached hydrogens (tertiary/aromatic N) is 4. The van der Waals surface area contributed by atoms with E-state index < -0.39 is 15.6 Å². The van der Waals surface area contributed by atoms with E-state index in [9.17, 15) is 23.6 Å². The Balaban J connectivity index is 2.38. The number of aliphatic hydroxyl groups excluding tert-OH is 1. The number of aromatic nitrogens is 1. The number of unbranched alkanes of at least 4 members (excludes halogenated alkanes) is 2. The van der Waals surface area contributed by atoms with E-state index in [2.05, 4.69) is 33.1 Å². The maximum Gasteiger partial charge on any atom is 0.271 e. The van der Waals surface area contributed by atoms with Gasteiger partial charge in [-0.05, 0) is 55.9 Å². The largest absolute Gasteiger partial charge is 0.493 e. The average Bonchev–Trinajstić information content (AvgIpc) is 3.05. The van der Waals surface area contributed by atoms with Crippen molar-refractivity contribution in [2.45, 2.75) is 97.4 Å². The van der Waals surface area contributed by atoms with E-state index >= 15 is 0 Å². The summed E-state index contributed by atoms with van der Waals surface area (Å²) in [4.78, 5) is 13.1. The molecule has 0 bridgehead atoms. The van der Waals surface area contributed by atoms with Gasteiger partial charge >= 0.3 is 0 Å². The lowest BCUT2D eigenvalue weighted by molar-refractivity contribution is 0.0854. The first-order valence-corrected chi connectivity index (χ1v) is 18.1. The van der Waals surface area contributed by atoms with Gasteiger partial charge in [0.05, 0.1) is 36.9 Å². The van der Waals surface area contributed by atoms with Crippen molar-refractivity contribution in [1.29, 1.82) is 5.26 Å². The fourth-order valence-electron chi connectivity index (χ4n) is 5.52. The first kappa shape index (κ1) is 39.1. The summed E-state index contributed by atoms with van der Waals surface area (Å²) in [7, 11) is -2.06. The van der Waals surface area contributed by atoms with Crippen LogP contribution >= 0.6 is 0 Å². The van der Waals surface area contributed by atoms with E-state index in [1.807, 2.05) is 6.07 Å². The molecular weight excluding hydrogens is 606 g/mol. The van der Waals surface area contributed by atoms with Crippen LogP contribution in [0.5, 0.6) is 5.88 Å². The molecule has 2 unspecified atom stereocenters. The Bertz CT molecular complexity index is 1400. The van der Waals surface area contributed by atoms with Crippen molar-refractivity contribution in [2.75, 3.05) is 50.4 Å². The van der Waals surface area contributed by atoms with Crippen LogP contribution in [0.25, 0.3) is 0 Å². The molecule has 2 aromatic rings. The number of ether oxygens (including phenoxy) is 1. The van der Waals surface area contributed by atoms with Gasteiger partial charge in [-0.25, -0.2) is 8.42 Å². The Kier molecular flexibility index (Phi) is 16.6. The summed E-state index contributed by atoms with van der Waals surface area (Å²) in [6, 6.07) is 8.51. The minimum absolute atomic E-state index is 0.0181. The van der Waals surface area contributed by atoms with Gasteiger partial charge in [0.25, 0.3) is 5.56 Å². The zero-order valence-electron chi connectivity index (χ0n) is 28.6. The van der Waals surface area contributed by atoms with Crippen molar-refractivity contribution in [3.8, 4) is 11.9 Å². The first-order chi connectivity index (χ1) is 22.0. The van der Waals surface area contributed by atoms with Crippen molar-refractivity contribution < 1.29 is 23.4 Å². The van der Waals surface area contributed by atoms with E-state index in [-0.39, 0.29) is 54.0 Å². The Hall–Kier alpha value is -3.11. The molecule has 2 rings (SSSR count). The quantitative estimate of drug-likeness (QED) is 0.108. The molecule has 0 spiro atoms. The molecule has 1 aromatic carbocycles. The van der Waals surface area contributed by atoms with Crippen molar-refractivity contribution in [1.82, 2.24) is 8.87 Å². The first-order valence-electron chi connectivity index (χ1n) is 16.7. The van der Waals surface area contributed by atoms with Crippen LogP contribution in [0.2, 0.25) is 0 Å². The van der Waals surface area contributed by atoms with Gasteiger partial charge in [-0.1, -0.05) is 66.2 Å². The number of nitrogens with one attached hydrogen (secondary N) is 1. The number of hydrazine groups is 1. The van der Waals surface area contributed by atoms with Gasteiger partial charge in [0.15, 0.2) is 0 Å². The minimum Gasteiger partial charge on any atom is -0.493 e. The molecule has 0 saturated heterocycles. The fraction of sp³-hybridized carbons (Fsp3) is 0.647. The molecule has 0 amide bonds. The summed E-state index contributed by atoms with van der Waals surface area (Å²) in [6.07, 6.45) is 8.17. The monoisotopic (exact) mass is 661 g/mol. The normalized spacial score (nSPS) is 13.0. The second-order valence-corrected chi connectivity index (χ2v) is 13.9. The molecule has 1 heterocycles. The van der Waals surface area contributed by atoms with Crippen molar-refractivity contribution in [3.05, 3.63) is 45.7 Å². The Labute approximate surface area is 275 Å². The minimum atomic E-state index is -3.76. The summed E-state index contributed by atoms with van der Waals surface area (Å²) >= 11 is 0. The molecule has 1 aromatic heterocycles. The van der Waals surface area contributed by atoms with Crippen LogP contribution < -0.4 is 16.0 Å². The summed E-state index contributed by atoms with van der Waals surface area (Å²) < 4.78 is 36.2. The number of hydrogen-bond donors (Lipinski definition) is 3. The van der Waals surface area contributed by atoms with E-state index in [1.54, 1.807) is 47.6 Å². The van der Waals surface area contributed by atoms with Gasteiger partial charge < -0.3 is 14.9 Å². The van der Waals surface area contributed by atoms with E-state index in [0.29, 0.717) is 30.6 Å². The Morgan fingerprint density at radius 2 is 1.57 bits per heavy atom.